The third-order valence-electron chi connectivity index (χ3n) is 10.7. The summed E-state index contributed by atoms with van der Waals surface area (Å²) in [6.07, 6.45) is 2.92. The molecular formula is C44H45BrF6N6O6S2. The number of nitrogens with one attached hydrogen (secondary N) is 1. The number of halogens is 7. The maximum atomic E-state index is 14.9. The quantitative estimate of drug-likeness (QED) is 0.0871. The Labute approximate surface area is 381 Å². The molecular weight excluding hydrogens is 967 g/mol. The standard InChI is InChI=1S/C22H22F3N3O3S.C12H17NO2S.C10H6BrF3N2O/c23-19-13-15(21-26-27-22(31-21)20(24)25)11-12-16(19)14-28(17-7-3-1-4-8-17)32(29,30)18-9-5-2-6-10-18;14-16(15,12-9-5-2-6-10-12)13-11-7-3-1-4-8-11;11-4-6-2-1-5(3-7(6)12)9-15-16-10(17-9)8(13)14/h1,3-4,7-8,11-13,18,20H,2,5-6,9-10,14H2;1,3-4,7-8,12-13H,2,5-6,9-10H2;1-3,8H,4H2. The molecule has 8 rings (SSSR count). The summed E-state index contributed by atoms with van der Waals surface area (Å²) in [5.74, 6) is -3.14. The third kappa shape index (κ3) is 13.2. The largest absolute Gasteiger partial charge is 0.415 e. The van der Waals surface area contributed by atoms with E-state index < -0.39 is 61.6 Å². The second-order valence-corrected chi connectivity index (χ2v) is 19.8. The van der Waals surface area contributed by atoms with Crippen molar-refractivity contribution in [2.45, 2.75) is 99.4 Å². The fourth-order valence-electron chi connectivity index (χ4n) is 7.23. The highest BCUT2D eigenvalue weighted by atomic mass is 79.9. The Morgan fingerprint density at radius 1 is 0.615 bits per heavy atom. The van der Waals surface area contributed by atoms with E-state index in [2.05, 4.69) is 41.0 Å². The van der Waals surface area contributed by atoms with Crippen molar-refractivity contribution in [1.82, 2.24) is 20.4 Å². The lowest BCUT2D eigenvalue weighted by molar-refractivity contribution is 0.115. The van der Waals surface area contributed by atoms with E-state index in [1.54, 1.807) is 42.5 Å². The third-order valence-corrected chi connectivity index (χ3v) is 15.4. The minimum Gasteiger partial charge on any atom is -0.415 e. The second-order valence-electron chi connectivity index (χ2n) is 15.2. The molecule has 0 saturated heterocycles. The molecule has 2 aromatic heterocycles. The molecule has 0 bridgehead atoms. The monoisotopic (exact) mass is 1010 g/mol. The van der Waals surface area contributed by atoms with Crippen LogP contribution in [0.3, 0.4) is 0 Å². The van der Waals surface area contributed by atoms with Crippen molar-refractivity contribution in [2.75, 3.05) is 9.03 Å². The van der Waals surface area contributed by atoms with E-state index in [0.717, 1.165) is 57.4 Å². The van der Waals surface area contributed by atoms with Crippen LogP contribution in [0.15, 0.2) is 106 Å². The first-order valence-electron chi connectivity index (χ1n) is 20.7. The van der Waals surface area contributed by atoms with Crippen LogP contribution in [0.2, 0.25) is 0 Å². The fourth-order valence-corrected chi connectivity index (χ4v) is 11.3. The van der Waals surface area contributed by atoms with Gasteiger partial charge < -0.3 is 8.83 Å². The van der Waals surface area contributed by atoms with E-state index in [-0.39, 0.29) is 40.3 Å². The lowest BCUT2D eigenvalue weighted by Gasteiger charge is -2.31. The van der Waals surface area contributed by atoms with Gasteiger partial charge in [0.05, 0.1) is 22.7 Å². The average Bonchev–Trinajstić information content (AvgIpc) is 4.03. The molecule has 2 heterocycles. The second kappa shape index (κ2) is 22.8. The molecule has 6 aromatic rings. The predicted octanol–water partition coefficient (Wildman–Crippen LogP) is 12.0. The molecule has 0 unspecified atom stereocenters. The molecule has 65 heavy (non-hydrogen) atoms. The topological polar surface area (TPSA) is 161 Å². The van der Waals surface area contributed by atoms with Gasteiger partial charge in [-0.25, -0.2) is 25.6 Å². The van der Waals surface area contributed by atoms with Gasteiger partial charge in [-0.05, 0) is 79.8 Å². The van der Waals surface area contributed by atoms with Crippen molar-refractivity contribution in [3.05, 3.63) is 132 Å². The van der Waals surface area contributed by atoms with Gasteiger partial charge in [-0.3, -0.25) is 9.03 Å². The SMILES string of the molecule is Fc1cc(-c2nnc(C(F)F)o2)ccc1CBr.O=S(=O)(C1CCCCC1)N(Cc1ccc(-c2nnc(C(F)F)o2)cc1F)c1ccccc1.O=S(=O)(Nc1ccccc1)C1CCCCC1. The van der Waals surface area contributed by atoms with Gasteiger partial charge in [0.2, 0.25) is 31.8 Å². The number of anilines is 2. The summed E-state index contributed by atoms with van der Waals surface area (Å²) >= 11 is 3.12. The normalized spacial score (nSPS) is 14.9. The molecule has 348 valence electrons. The van der Waals surface area contributed by atoms with Gasteiger partial charge in [-0.1, -0.05) is 103 Å². The first-order chi connectivity index (χ1) is 31.2. The van der Waals surface area contributed by atoms with Crippen LogP contribution in [-0.4, -0.2) is 47.7 Å². The number of rotatable bonds is 13. The smallest absolute Gasteiger partial charge is 0.314 e. The van der Waals surface area contributed by atoms with E-state index >= 15 is 0 Å². The molecule has 0 aliphatic heterocycles. The van der Waals surface area contributed by atoms with Crippen molar-refractivity contribution in [2.24, 2.45) is 0 Å². The lowest BCUT2D eigenvalue weighted by atomic mass is 10.0. The highest BCUT2D eigenvalue weighted by Gasteiger charge is 2.34. The Hall–Kier alpha value is -5.28. The first kappa shape index (κ1) is 49.2. The summed E-state index contributed by atoms with van der Waals surface area (Å²) in [6, 6.07) is 25.8. The van der Waals surface area contributed by atoms with Crippen molar-refractivity contribution < 1.29 is 52.0 Å². The lowest BCUT2D eigenvalue weighted by Crippen LogP contribution is -2.39. The van der Waals surface area contributed by atoms with Crippen LogP contribution in [0, 0.1) is 11.6 Å². The van der Waals surface area contributed by atoms with E-state index in [1.165, 1.54) is 34.6 Å². The van der Waals surface area contributed by atoms with Gasteiger partial charge in [0, 0.05) is 27.7 Å². The Morgan fingerprint density at radius 2 is 1.08 bits per heavy atom. The van der Waals surface area contributed by atoms with E-state index in [9.17, 15) is 43.2 Å². The van der Waals surface area contributed by atoms with E-state index in [0.29, 0.717) is 35.1 Å². The number of benzene rings is 4. The fraction of sp³-hybridized carbons (Fsp3) is 0.364. The first-order valence-corrected chi connectivity index (χ1v) is 24.8. The molecule has 0 amide bonds. The molecule has 2 aliphatic rings. The Morgan fingerprint density at radius 3 is 1.52 bits per heavy atom. The van der Waals surface area contributed by atoms with Crippen LogP contribution in [-0.2, 0) is 31.9 Å². The number of hydrogen-bond acceptors (Lipinski definition) is 10. The predicted molar refractivity (Wildman–Crippen MR) is 236 cm³/mol. The maximum absolute atomic E-state index is 14.9. The van der Waals surface area contributed by atoms with Crippen LogP contribution in [0.25, 0.3) is 22.9 Å². The number of nitrogens with zero attached hydrogens (tertiary/aromatic N) is 5. The zero-order valence-corrected chi connectivity index (χ0v) is 37.9. The summed E-state index contributed by atoms with van der Waals surface area (Å²) in [7, 11) is -6.90. The summed E-state index contributed by atoms with van der Waals surface area (Å²) in [4.78, 5) is 0. The number of aromatic nitrogens is 4. The van der Waals surface area contributed by atoms with Crippen LogP contribution in [0.1, 0.15) is 100.0 Å². The van der Waals surface area contributed by atoms with Gasteiger partial charge in [-0.15, -0.1) is 20.4 Å². The molecule has 1 N–H and O–H groups in total. The van der Waals surface area contributed by atoms with Gasteiger partial charge in [0.1, 0.15) is 11.6 Å². The molecule has 21 heteroatoms. The van der Waals surface area contributed by atoms with Crippen molar-refractivity contribution >= 4 is 47.4 Å². The van der Waals surface area contributed by atoms with Crippen LogP contribution in [0.5, 0.6) is 0 Å². The summed E-state index contributed by atoms with van der Waals surface area (Å²) < 4.78 is 143. The van der Waals surface area contributed by atoms with E-state index in [4.69, 9.17) is 8.83 Å². The van der Waals surface area contributed by atoms with Gasteiger partial charge in [0.15, 0.2) is 0 Å². The molecule has 2 fully saturated rings. The number of alkyl halides is 5. The molecule has 2 aliphatic carbocycles. The average molecular weight is 1010 g/mol. The maximum Gasteiger partial charge on any atom is 0.314 e. The number of para-hydroxylation sites is 2. The summed E-state index contributed by atoms with van der Waals surface area (Å²) in [5, 5.41) is 13.0. The van der Waals surface area contributed by atoms with E-state index in [1.807, 2.05) is 18.2 Å². The van der Waals surface area contributed by atoms with Gasteiger partial charge >= 0.3 is 12.9 Å². The molecule has 0 radical (unpaired) electrons. The summed E-state index contributed by atoms with van der Waals surface area (Å²) in [6.45, 7) is -0.193. The van der Waals surface area contributed by atoms with Crippen molar-refractivity contribution in [3.8, 4) is 22.9 Å². The Kier molecular flexibility index (Phi) is 17.2. The van der Waals surface area contributed by atoms with Crippen LogP contribution < -0.4 is 9.03 Å². The minimum atomic E-state index is -3.72. The zero-order valence-electron chi connectivity index (χ0n) is 34.7. The van der Waals surface area contributed by atoms with Gasteiger partial charge in [-0.2, -0.15) is 17.6 Å². The summed E-state index contributed by atoms with van der Waals surface area (Å²) in [5.41, 5.74) is 2.12. The Bertz CT molecular complexity index is 2670. The van der Waals surface area contributed by atoms with Crippen LogP contribution in [0.4, 0.5) is 37.7 Å². The molecule has 0 spiro atoms. The molecule has 4 aromatic carbocycles. The van der Waals surface area contributed by atoms with Gasteiger partial charge in [0.25, 0.3) is 11.8 Å². The van der Waals surface area contributed by atoms with Crippen molar-refractivity contribution in [1.29, 1.82) is 0 Å². The zero-order chi connectivity index (χ0) is 46.6. The molecule has 12 nitrogen and oxygen atoms in total. The van der Waals surface area contributed by atoms with Crippen molar-refractivity contribution in [3.63, 3.8) is 0 Å². The minimum absolute atomic E-state index is 0.125. The number of hydrogen-bond donors (Lipinski definition) is 1. The molecule has 2 saturated carbocycles. The highest BCUT2D eigenvalue weighted by Crippen LogP contribution is 2.33. The number of sulfonamides is 2. The Balaban J connectivity index is 0.000000178. The van der Waals surface area contributed by atoms with Crippen LogP contribution >= 0.6 is 15.9 Å². The molecule has 0 atom stereocenters. The highest BCUT2D eigenvalue weighted by molar-refractivity contribution is 9.08.